The van der Waals surface area contributed by atoms with E-state index in [1.165, 1.54) is 12.4 Å². The molecule has 0 spiro atoms. The van der Waals surface area contributed by atoms with Gasteiger partial charge in [-0.1, -0.05) is 13.8 Å². The molecule has 0 fully saturated rings. The van der Waals surface area contributed by atoms with Gasteiger partial charge in [0.25, 0.3) is 5.56 Å². The van der Waals surface area contributed by atoms with Crippen molar-refractivity contribution in [2.75, 3.05) is 18.1 Å². The largest absolute Gasteiger partial charge is 0.368 e. The summed E-state index contributed by atoms with van der Waals surface area (Å²) < 4.78 is 0.226. The molecule has 1 heterocycles. The molecule has 90 valence electrons. The van der Waals surface area contributed by atoms with Gasteiger partial charge in [-0.3, -0.25) is 4.79 Å². The van der Waals surface area contributed by atoms with Gasteiger partial charge >= 0.3 is 0 Å². The lowest BCUT2D eigenvalue weighted by Gasteiger charge is -2.29. The molecule has 0 atom stereocenters. The summed E-state index contributed by atoms with van der Waals surface area (Å²) in [5, 5.41) is 3.23. The molecule has 0 saturated heterocycles. The highest BCUT2D eigenvalue weighted by Gasteiger charge is 2.24. The molecule has 0 saturated carbocycles. The van der Waals surface area contributed by atoms with Crippen LogP contribution in [0.2, 0.25) is 0 Å². The van der Waals surface area contributed by atoms with Crippen LogP contribution in [-0.2, 0) is 0 Å². The SMILES string of the molecule is CCC(CC)(CNc1cc(=O)[nH]cn1)SC. The first-order valence-corrected chi connectivity index (χ1v) is 6.72. The van der Waals surface area contributed by atoms with Crippen molar-refractivity contribution in [1.29, 1.82) is 0 Å². The summed E-state index contributed by atoms with van der Waals surface area (Å²) in [7, 11) is 0. The van der Waals surface area contributed by atoms with E-state index in [0.29, 0.717) is 5.82 Å². The Morgan fingerprint density at radius 1 is 1.50 bits per heavy atom. The van der Waals surface area contributed by atoms with Crippen molar-refractivity contribution in [3.05, 3.63) is 22.7 Å². The summed E-state index contributed by atoms with van der Waals surface area (Å²) in [6.07, 6.45) is 5.74. The number of hydrogen-bond donors (Lipinski definition) is 2. The van der Waals surface area contributed by atoms with Crippen molar-refractivity contribution in [3.63, 3.8) is 0 Å². The number of nitrogens with zero attached hydrogens (tertiary/aromatic N) is 1. The van der Waals surface area contributed by atoms with Crippen molar-refractivity contribution < 1.29 is 0 Å². The molecule has 16 heavy (non-hydrogen) atoms. The van der Waals surface area contributed by atoms with Gasteiger partial charge in [0.2, 0.25) is 0 Å². The van der Waals surface area contributed by atoms with Gasteiger partial charge in [0, 0.05) is 17.4 Å². The molecule has 0 amide bonds. The van der Waals surface area contributed by atoms with E-state index in [2.05, 4.69) is 35.4 Å². The topological polar surface area (TPSA) is 57.8 Å². The highest BCUT2D eigenvalue weighted by molar-refractivity contribution is 8.00. The van der Waals surface area contributed by atoms with Gasteiger partial charge in [0.1, 0.15) is 5.82 Å². The van der Waals surface area contributed by atoms with Gasteiger partial charge in [-0.2, -0.15) is 11.8 Å². The smallest absolute Gasteiger partial charge is 0.252 e. The summed E-state index contributed by atoms with van der Waals surface area (Å²) in [6.45, 7) is 5.21. The summed E-state index contributed by atoms with van der Waals surface area (Å²) in [5.41, 5.74) is -0.125. The minimum absolute atomic E-state index is 0.125. The van der Waals surface area contributed by atoms with Crippen molar-refractivity contribution in [2.45, 2.75) is 31.4 Å². The van der Waals surface area contributed by atoms with Gasteiger partial charge in [-0.15, -0.1) is 0 Å². The second-order valence-electron chi connectivity index (χ2n) is 3.74. The summed E-state index contributed by atoms with van der Waals surface area (Å²) in [5.74, 6) is 0.643. The Labute approximate surface area is 100 Å². The van der Waals surface area contributed by atoms with Crippen molar-refractivity contribution >= 4 is 17.6 Å². The Morgan fingerprint density at radius 3 is 2.69 bits per heavy atom. The van der Waals surface area contributed by atoms with E-state index in [9.17, 15) is 4.79 Å². The van der Waals surface area contributed by atoms with Crippen molar-refractivity contribution in [3.8, 4) is 0 Å². The van der Waals surface area contributed by atoms with Crippen LogP contribution in [0.15, 0.2) is 17.2 Å². The molecule has 1 aromatic rings. The first kappa shape index (κ1) is 13.1. The molecule has 4 nitrogen and oxygen atoms in total. The number of aromatic amines is 1. The molecule has 1 aromatic heterocycles. The Balaban J connectivity index is 2.65. The number of anilines is 1. The molecule has 0 radical (unpaired) electrons. The molecule has 0 aromatic carbocycles. The third-order valence-corrected chi connectivity index (χ3v) is 4.58. The average molecular weight is 241 g/mol. The second-order valence-corrected chi connectivity index (χ2v) is 5.02. The van der Waals surface area contributed by atoms with Crippen LogP contribution in [0.5, 0.6) is 0 Å². The lowest BCUT2D eigenvalue weighted by atomic mass is 10.0. The molecule has 0 aliphatic heterocycles. The standard InChI is InChI=1S/C11H19N3OS/c1-4-11(5-2,16-3)7-12-9-6-10(15)14-8-13-9/h6,8H,4-5,7H2,1-3H3,(H2,12,13,14,15). The zero-order valence-electron chi connectivity index (χ0n) is 10.0. The fourth-order valence-electron chi connectivity index (χ4n) is 1.58. The van der Waals surface area contributed by atoms with E-state index < -0.39 is 0 Å². The molecule has 5 heteroatoms. The highest BCUT2D eigenvalue weighted by Crippen LogP contribution is 2.30. The van der Waals surface area contributed by atoms with Gasteiger partial charge in [-0.25, -0.2) is 4.98 Å². The summed E-state index contributed by atoms with van der Waals surface area (Å²) in [4.78, 5) is 17.7. The molecule has 0 aliphatic carbocycles. The number of hydrogen-bond acceptors (Lipinski definition) is 4. The van der Waals surface area contributed by atoms with Gasteiger partial charge < -0.3 is 10.3 Å². The van der Waals surface area contributed by atoms with Crippen LogP contribution in [0.25, 0.3) is 0 Å². The number of aromatic nitrogens is 2. The van der Waals surface area contributed by atoms with E-state index in [-0.39, 0.29) is 10.3 Å². The Kier molecular flexibility index (Phi) is 4.86. The first-order chi connectivity index (χ1) is 7.65. The molecule has 0 aliphatic rings. The van der Waals surface area contributed by atoms with Crippen LogP contribution in [0.3, 0.4) is 0 Å². The zero-order chi connectivity index (χ0) is 12.0. The molecule has 1 rings (SSSR count). The Morgan fingerprint density at radius 2 is 2.19 bits per heavy atom. The van der Waals surface area contributed by atoms with E-state index in [0.717, 1.165) is 19.4 Å². The van der Waals surface area contributed by atoms with Gasteiger partial charge in [-0.05, 0) is 19.1 Å². The maximum Gasteiger partial charge on any atom is 0.252 e. The first-order valence-electron chi connectivity index (χ1n) is 5.49. The second kappa shape index (κ2) is 5.94. The number of nitrogens with one attached hydrogen (secondary N) is 2. The summed E-state index contributed by atoms with van der Waals surface area (Å²) in [6, 6.07) is 1.48. The monoisotopic (exact) mass is 241 g/mol. The van der Waals surface area contributed by atoms with Gasteiger partial charge in [0.15, 0.2) is 0 Å². The van der Waals surface area contributed by atoms with Crippen LogP contribution in [0, 0.1) is 0 Å². The van der Waals surface area contributed by atoms with E-state index in [1.54, 1.807) is 0 Å². The van der Waals surface area contributed by atoms with Crippen molar-refractivity contribution in [1.82, 2.24) is 9.97 Å². The van der Waals surface area contributed by atoms with E-state index in [4.69, 9.17) is 0 Å². The molecular formula is C11H19N3OS. The van der Waals surface area contributed by atoms with Crippen LogP contribution in [-0.4, -0.2) is 27.5 Å². The van der Waals surface area contributed by atoms with Crippen LogP contribution >= 0.6 is 11.8 Å². The Bertz CT molecular complexity index is 365. The Hall–Kier alpha value is -0.970. The summed E-state index contributed by atoms with van der Waals surface area (Å²) >= 11 is 1.86. The molecule has 0 unspecified atom stereocenters. The maximum atomic E-state index is 11.1. The fraction of sp³-hybridized carbons (Fsp3) is 0.636. The van der Waals surface area contributed by atoms with E-state index >= 15 is 0 Å². The fourth-order valence-corrected chi connectivity index (χ4v) is 2.37. The third-order valence-electron chi connectivity index (χ3n) is 2.99. The number of H-pyrrole nitrogens is 1. The molecule has 0 bridgehead atoms. The van der Waals surface area contributed by atoms with Crippen LogP contribution in [0.4, 0.5) is 5.82 Å². The minimum Gasteiger partial charge on any atom is -0.368 e. The van der Waals surface area contributed by atoms with Crippen LogP contribution < -0.4 is 10.9 Å². The number of thioether (sulfide) groups is 1. The molecule has 2 N–H and O–H groups in total. The van der Waals surface area contributed by atoms with Crippen LogP contribution in [0.1, 0.15) is 26.7 Å². The molecular weight excluding hydrogens is 222 g/mol. The lowest BCUT2D eigenvalue weighted by molar-refractivity contribution is 0.574. The van der Waals surface area contributed by atoms with E-state index in [1.807, 2.05) is 11.8 Å². The maximum absolute atomic E-state index is 11.1. The predicted molar refractivity (Wildman–Crippen MR) is 70.2 cm³/mol. The third kappa shape index (κ3) is 3.27. The lowest BCUT2D eigenvalue weighted by Crippen LogP contribution is -2.32. The quantitative estimate of drug-likeness (QED) is 0.801. The number of rotatable bonds is 6. The predicted octanol–water partition coefficient (Wildman–Crippen LogP) is 2.10. The van der Waals surface area contributed by atoms with Gasteiger partial charge in [0.05, 0.1) is 6.33 Å². The zero-order valence-corrected chi connectivity index (χ0v) is 10.9. The highest BCUT2D eigenvalue weighted by atomic mass is 32.2. The average Bonchev–Trinajstić information content (AvgIpc) is 2.32. The minimum atomic E-state index is -0.125. The van der Waals surface area contributed by atoms with Crippen molar-refractivity contribution in [2.24, 2.45) is 0 Å². The normalized spacial score (nSPS) is 11.4.